The summed E-state index contributed by atoms with van der Waals surface area (Å²) in [7, 11) is 0. The van der Waals surface area contributed by atoms with Gasteiger partial charge in [0.1, 0.15) is 18.8 Å². The van der Waals surface area contributed by atoms with E-state index in [-0.39, 0.29) is 19.0 Å². The molecular weight excluding hydrogens is 348 g/mol. The van der Waals surface area contributed by atoms with Gasteiger partial charge in [0, 0.05) is 26.2 Å². The van der Waals surface area contributed by atoms with Gasteiger partial charge in [-0.05, 0) is 12.1 Å². The number of rotatable bonds is 6. The molecule has 8 nitrogen and oxygen atoms in total. The van der Waals surface area contributed by atoms with Crippen molar-refractivity contribution in [2.24, 2.45) is 0 Å². The molecule has 0 saturated carbocycles. The van der Waals surface area contributed by atoms with Crippen molar-refractivity contribution in [1.29, 1.82) is 0 Å². The lowest BCUT2D eigenvalue weighted by molar-refractivity contribution is -0.0343. The maximum absolute atomic E-state index is 9.77. The second-order valence-electron chi connectivity index (χ2n) is 5.71. The van der Waals surface area contributed by atoms with Crippen molar-refractivity contribution in [3.05, 3.63) is 24.3 Å². The number of aliphatic hydroxyl groups is 3. The van der Waals surface area contributed by atoms with Gasteiger partial charge >= 0.3 is 0 Å². The number of piperazine rings is 1. The van der Waals surface area contributed by atoms with Crippen molar-refractivity contribution in [1.82, 2.24) is 15.3 Å². The van der Waals surface area contributed by atoms with E-state index < -0.39 is 18.8 Å². The third kappa shape index (κ3) is 4.68. The molecule has 2 aromatic rings. The number of aliphatic hydroxyl groups excluding tert-OH is 3. The first-order valence-corrected chi connectivity index (χ1v) is 8.01. The molecule has 9 heteroatoms. The number of nitrogens with one attached hydrogen (secondary N) is 1. The number of ether oxygens (including phenoxy) is 1. The van der Waals surface area contributed by atoms with Crippen molar-refractivity contribution < 1.29 is 20.1 Å². The number of halogens is 1. The van der Waals surface area contributed by atoms with E-state index in [0.29, 0.717) is 11.8 Å². The van der Waals surface area contributed by atoms with Crippen molar-refractivity contribution in [3.8, 4) is 5.88 Å². The Kier molecular flexibility index (Phi) is 7.15. The van der Waals surface area contributed by atoms with Crippen LogP contribution in [0.5, 0.6) is 5.88 Å². The van der Waals surface area contributed by atoms with E-state index in [9.17, 15) is 10.2 Å². The first-order valence-electron chi connectivity index (χ1n) is 8.01. The topological polar surface area (TPSA) is 111 Å². The lowest BCUT2D eigenvalue weighted by Crippen LogP contribution is -2.44. The van der Waals surface area contributed by atoms with Crippen LogP contribution in [-0.4, -0.2) is 76.9 Å². The summed E-state index contributed by atoms with van der Waals surface area (Å²) in [6.45, 7) is 2.67. The number of nitrogens with zero attached hydrogens (tertiary/aromatic N) is 3. The standard InChI is InChI=1S/C16H22N4O4.ClH/c21-9-13(22)14(23)10-24-15-11-3-1-2-4-12(11)18-16(19-15)20-7-5-17-6-8-20;/h1-4,13-14,17,21-23H,5-10H2;1H/t13-,14-;/m0./s1. The maximum atomic E-state index is 9.77. The number of aromatic nitrogens is 2. The number of anilines is 1. The largest absolute Gasteiger partial charge is 0.474 e. The van der Waals surface area contributed by atoms with Gasteiger partial charge in [-0.25, -0.2) is 4.98 Å². The van der Waals surface area contributed by atoms with Crippen molar-refractivity contribution in [2.45, 2.75) is 12.2 Å². The van der Waals surface area contributed by atoms with Gasteiger partial charge in [0.15, 0.2) is 0 Å². The van der Waals surface area contributed by atoms with Crippen molar-refractivity contribution in [2.75, 3.05) is 44.3 Å². The number of hydrogen-bond donors (Lipinski definition) is 4. The molecule has 3 rings (SSSR count). The number of para-hydroxylation sites is 1. The van der Waals surface area contributed by atoms with E-state index in [1.54, 1.807) is 0 Å². The molecule has 4 N–H and O–H groups in total. The minimum atomic E-state index is -1.24. The average molecular weight is 371 g/mol. The molecule has 0 radical (unpaired) electrons. The summed E-state index contributed by atoms with van der Waals surface area (Å²) in [5.74, 6) is 0.945. The molecule has 0 amide bonds. The van der Waals surface area contributed by atoms with Crippen LogP contribution in [0, 0.1) is 0 Å². The highest BCUT2D eigenvalue weighted by Crippen LogP contribution is 2.25. The summed E-state index contributed by atoms with van der Waals surface area (Å²) in [5.41, 5.74) is 0.758. The van der Waals surface area contributed by atoms with Crippen LogP contribution in [0.2, 0.25) is 0 Å². The van der Waals surface area contributed by atoms with Crippen LogP contribution in [0.15, 0.2) is 24.3 Å². The van der Waals surface area contributed by atoms with Crippen LogP contribution in [0.4, 0.5) is 5.95 Å². The minimum absolute atomic E-state index is 0. The van der Waals surface area contributed by atoms with Gasteiger partial charge in [-0.2, -0.15) is 4.98 Å². The van der Waals surface area contributed by atoms with Gasteiger partial charge in [-0.1, -0.05) is 12.1 Å². The molecule has 1 aromatic carbocycles. The Morgan fingerprint density at radius 1 is 1.12 bits per heavy atom. The SMILES string of the molecule is Cl.OC[C@H](O)[C@@H](O)COc1nc(N2CCNCC2)nc2ccccc12. The fourth-order valence-corrected chi connectivity index (χ4v) is 2.55. The molecule has 1 aliphatic heterocycles. The molecule has 0 bridgehead atoms. The monoisotopic (exact) mass is 370 g/mol. The highest BCUT2D eigenvalue weighted by atomic mass is 35.5. The molecule has 25 heavy (non-hydrogen) atoms. The summed E-state index contributed by atoms with van der Waals surface area (Å²) in [6, 6.07) is 7.49. The molecule has 1 fully saturated rings. The molecular formula is C16H23ClN4O4. The zero-order valence-corrected chi connectivity index (χ0v) is 14.5. The fraction of sp³-hybridized carbons (Fsp3) is 0.500. The first-order chi connectivity index (χ1) is 11.7. The molecule has 138 valence electrons. The van der Waals surface area contributed by atoms with Gasteiger partial charge in [-0.3, -0.25) is 0 Å². The van der Waals surface area contributed by atoms with Gasteiger partial charge in [0.05, 0.1) is 17.5 Å². The first kappa shape index (κ1) is 19.6. The van der Waals surface area contributed by atoms with Gasteiger partial charge < -0.3 is 30.3 Å². The normalized spacial score (nSPS) is 17.0. The van der Waals surface area contributed by atoms with Crippen LogP contribution < -0.4 is 15.0 Å². The van der Waals surface area contributed by atoms with E-state index >= 15 is 0 Å². The summed E-state index contributed by atoms with van der Waals surface area (Å²) in [6.07, 6.45) is -2.43. The Morgan fingerprint density at radius 2 is 1.84 bits per heavy atom. The number of fused-ring (bicyclic) bond motifs is 1. The second kappa shape index (κ2) is 9.12. The predicted molar refractivity (Wildman–Crippen MR) is 96.5 cm³/mol. The Hall–Kier alpha value is -1.71. The third-order valence-corrected chi connectivity index (χ3v) is 3.98. The molecule has 2 heterocycles. The van der Waals surface area contributed by atoms with Crippen LogP contribution in [0.3, 0.4) is 0 Å². The Morgan fingerprint density at radius 3 is 2.56 bits per heavy atom. The van der Waals surface area contributed by atoms with Crippen molar-refractivity contribution in [3.63, 3.8) is 0 Å². The van der Waals surface area contributed by atoms with E-state index in [0.717, 1.165) is 37.1 Å². The van der Waals surface area contributed by atoms with Crippen LogP contribution >= 0.6 is 12.4 Å². The predicted octanol–water partition coefficient (Wildman–Crippen LogP) is -0.446. The molecule has 0 spiro atoms. The zero-order chi connectivity index (χ0) is 16.9. The molecule has 1 saturated heterocycles. The van der Waals surface area contributed by atoms with Gasteiger partial charge in [-0.15, -0.1) is 12.4 Å². The summed E-state index contributed by atoms with van der Waals surface area (Å²) in [4.78, 5) is 11.2. The van der Waals surface area contributed by atoms with Crippen molar-refractivity contribution >= 4 is 29.3 Å². The molecule has 1 aromatic heterocycles. The third-order valence-electron chi connectivity index (χ3n) is 3.98. The Labute approximate surface area is 151 Å². The number of benzene rings is 1. The highest BCUT2D eigenvalue weighted by Gasteiger charge is 2.19. The highest BCUT2D eigenvalue weighted by molar-refractivity contribution is 5.85. The summed E-state index contributed by atoms with van der Waals surface area (Å²) < 4.78 is 5.62. The van der Waals surface area contributed by atoms with Crippen LogP contribution in [0.1, 0.15) is 0 Å². The van der Waals surface area contributed by atoms with Gasteiger partial charge in [0.2, 0.25) is 11.8 Å². The minimum Gasteiger partial charge on any atom is -0.474 e. The summed E-state index contributed by atoms with van der Waals surface area (Å²) in [5, 5.41) is 32.1. The molecule has 0 aliphatic carbocycles. The lowest BCUT2D eigenvalue weighted by atomic mass is 10.2. The Bertz CT molecular complexity index is 684. The molecule has 1 aliphatic rings. The van der Waals surface area contributed by atoms with Crippen LogP contribution in [-0.2, 0) is 0 Å². The van der Waals surface area contributed by atoms with E-state index in [2.05, 4.69) is 20.2 Å². The van der Waals surface area contributed by atoms with E-state index in [4.69, 9.17) is 9.84 Å². The van der Waals surface area contributed by atoms with Gasteiger partial charge in [0.25, 0.3) is 0 Å². The fourth-order valence-electron chi connectivity index (χ4n) is 2.55. The quantitative estimate of drug-likeness (QED) is 0.541. The number of hydrogen-bond acceptors (Lipinski definition) is 8. The van der Waals surface area contributed by atoms with E-state index in [1.165, 1.54) is 0 Å². The maximum Gasteiger partial charge on any atom is 0.229 e. The van der Waals surface area contributed by atoms with E-state index in [1.807, 2.05) is 24.3 Å². The lowest BCUT2D eigenvalue weighted by Gasteiger charge is -2.28. The average Bonchev–Trinajstić information content (AvgIpc) is 2.65. The summed E-state index contributed by atoms with van der Waals surface area (Å²) >= 11 is 0. The smallest absolute Gasteiger partial charge is 0.229 e. The molecule has 2 atom stereocenters. The molecule has 0 unspecified atom stereocenters. The Balaban J connectivity index is 0.00000225. The second-order valence-corrected chi connectivity index (χ2v) is 5.71. The van der Waals surface area contributed by atoms with Crippen LogP contribution in [0.25, 0.3) is 10.9 Å². The zero-order valence-electron chi connectivity index (χ0n) is 13.7.